The Morgan fingerprint density at radius 1 is 1.59 bits per heavy atom. The van der Waals surface area contributed by atoms with Gasteiger partial charge in [0.25, 0.3) is 5.69 Å². The number of benzene rings is 1. The van der Waals surface area contributed by atoms with Crippen LogP contribution in [0.5, 0.6) is 0 Å². The van der Waals surface area contributed by atoms with Crippen LogP contribution >= 0.6 is 0 Å². The fourth-order valence-electron chi connectivity index (χ4n) is 1.86. The lowest BCUT2D eigenvalue weighted by Gasteiger charge is -2.05. The average Bonchev–Trinajstić information content (AvgIpc) is 2.79. The highest BCUT2D eigenvalue weighted by molar-refractivity contribution is 6.09. The van der Waals surface area contributed by atoms with Gasteiger partial charge in [-0.25, -0.2) is 10.9 Å². The highest BCUT2D eigenvalue weighted by atomic mass is 16.6. The smallest absolute Gasteiger partial charge is 0.270 e. The summed E-state index contributed by atoms with van der Waals surface area (Å²) in [7, 11) is 0. The molecule has 1 aromatic carbocycles. The highest BCUT2D eigenvalue weighted by Gasteiger charge is 2.28. The Morgan fingerprint density at radius 3 is 3.00 bits per heavy atom. The van der Waals surface area contributed by atoms with Gasteiger partial charge < -0.3 is 0 Å². The van der Waals surface area contributed by atoms with Crippen LogP contribution in [0.15, 0.2) is 34.5 Å². The van der Waals surface area contributed by atoms with Gasteiger partial charge in [-0.15, -0.1) is 0 Å². The number of amides is 2. The third-order valence-corrected chi connectivity index (χ3v) is 3.04. The molecule has 9 nitrogen and oxygen atoms in total. The quantitative estimate of drug-likeness (QED) is 0.468. The van der Waals surface area contributed by atoms with Crippen LogP contribution in [0.2, 0.25) is 0 Å². The van der Waals surface area contributed by atoms with Crippen LogP contribution in [-0.4, -0.2) is 28.7 Å². The van der Waals surface area contributed by atoms with Crippen molar-refractivity contribution in [2.45, 2.75) is 13.3 Å². The lowest BCUT2D eigenvalue weighted by molar-refractivity contribution is -0.384. The zero-order chi connectivity index (χ0) is 16.1. The maximum atomic E-state index is 11.7. The van der Waals surface area contributed by atoms with Crippen molar-refractivity contribution in [3.05, 3.63) is 39.9 Å². The van der Waals surface area contributed by atoms with Crippen LogP contribution in [0, 0.1) is 16.0 Å². The number of nitrogens with zero attached hydrogens (tertiary/aromatic N) is 3. The van der Waals surface area contributed by atoms with E-state index in [9.17, 15) is 19.7 Å². The summed E-state index contributed by atoms with van der Waals surface area (Å²) < 4.78 is 0. The second-order valence-electron chi connectivity index (χ2n) is 4.63. The molecule has 1 aliphatic heterocycles. The Morgan fingerprint density at radius 2 is 2.36 bits per heavy atom. The van der Waals surface area contributed by atoms with Crippen molar-refractivity contribution in [2.75, 3.05) is 0 Å². The van der Waals surface area contributed by atoms with Crippen LogP contribution in [0.3, 0.4) is 0 Å². The number of hydrogen-bond acceptors (Lipinski definition) is 6. The first kappa shape index (κ1) is 15.3. The molecule has 0 aromatic heterocycles. The number of carbonyl (C=O) groups excluding carboxylic acids is 2. The summed E-state index contributed by atoms with van der Waals surface area (Å²) in [6, 6.07) is 5.82. The largest absolute Gasteiger partial charge is 0.273 e. The second kappa shape index (κ2) is 6.57. The van der Waals surface area contributed by atoms with E-state index in [-0.39, 0.29) is 18.0 Å². The third-order valence-electron chi connectivity index (χ3n) is 3.04. The van der Waals surface area contributed by atoms with E-state index in [2.05, 4.69) is 21.1 Å². The molecule has 9 heteroatoms. The number of hydrazone groups is 2. The number of nitro benzene ring substituents is 1. The Labute approximate surface area is 125 Å². The molecule has 0 aliphatic carbocycles. The van der Waals surface area contributed by atoms with Gasteiger partial charge in [0, 0.05) is 29.8 Å². The molecule has 0 saturated heterocycles. The topological polar surface area (TPSA) is 126 Å². The first-order valence-electron chi connectivity index (χ1n) is 6.38. The van der Waals surface area contributed by atoms with Gasteiger partial charge in [-0.3, -0.25) is 19.7 Å². The Bertz CT molecular complexity index is 683. The van der Waals surface area contributed by atoms with Crippen molar-refractivity contribution < 1.29 is 14.5 Å². The van der Waals surface area contributed by atoms with Crippen LogP contribution in [0.1, 0.15) is 18.9 Å². The van der Waals surface area contributed by atoms with E-state index in [1.54, 1.807) is 13.0 Å². The molecule has 2 rings (SSSR count). The Balaban J connectivity index is 1.91. The van der Waals surface area contributed by atoms with Crippen molar-refractivity contribution in [3.8, 4) is 0 Å². The van der Waals surface area contributed by atoms with Crippen LogP contribution < -0.4 is 10.9 Å². The van der Waals surface area contributed by atoms with E-state index < -0.39 is 16.7 Å². The van der Waals surface area contributed by atoms with Crippen molar-refractivity contribution in [1.29, 1.82) is 0 Å². The van der Waals surface area contributed by atoms with E-state index in [4.69, 9.17) is 0 Å². The number of carbonyl (C=O) groups is 2. The van der Waals surface area contributed by atoms with Crippen LogP contribution in [0.4, 0.5) is 5.69 Å². The summed E-state index contributed by atoms with van der Waals surface area (Å²) in [5.41, 5.74) is 5.52. The van der Waals surface area contributed by atoms with E-state index in [0.29, 0.717) is 11.3 Å². The zero-order valence-corrected chi connectivity index (χ0v) is 11.6. The SMILES string of the molecule is CC1=NNC(=O)[C@H]1CC(=O)N/N=C\c1cccc([N+](=O)[O-])c1. The van der Waals surface area contributed by atoms with Gasteiger partial charge in [0.15, 0.2) is 0 Å². The fraction of sp³-hybridized carbons (Fsp3) is 0.231. The summed E-state index contributed by atoms with van der Waals surface area (Å²) in [6.45, 7) is 1.65. The molecule has 0 fully saturated rings. The summed E-state index contributed by atoms with van der Waals surface area (Å²) in [5.74, 6) is -1.36. The van der Waals surface area contributed by atoms with Crippen molar-refractivity contribution in [3.63, 3.8) is 0 Å². The lowest BCUT2D eigenvalue weighted by Crippen LogP contribution is -2.29. The molecule has 1 aromatic rings. The van der Waals surface area contributed by atoms with Crippen molar-refractivity contribution in [1.82, 2.24) is 10.9 Å². The van der Waals surface area contributed by atoms with Crippen molar-refractivity contribution in [2.24, 2.45) is 16.1 Å². The maximum Gasteiger partial charge on any atom is 0.270 e. The minimum atomic E-state index is -0.590. The second-order valence-corrected chi connectivity index (χ2v) is 4.63. The Kier molecular flexibility index (Phi) is 4.57. The number of nitro groups is 1. The van der Waals surface area contributed by atoms with Gasteiger partial charge in [-0.1, -0.05) is 12.1 Å². The standard InChI is InChI=1S/C13H13N5O4/c1-8-11(13(20)17-15-8)6-12(19)16-14-7-9-3-2-4-10(5-9)18(21)22/h2-5,7,11H,6H2,1H3,(H,16,19)(H,17,20)/b14-7-/t11-/m0/s1. The summed E-state index contributed by atoms with van der Waals surface area (Å²) >= 11 is 0. The monoisotopic (exact) mass is 303 g/mol. The van der Waals surface area contributed by atoms with Gasteiger partial charge in [0.2, 0.25) is 11.8 Å². The number of rotatable bonds is 5. The predicted octanol–water partition coefficient (Wildman–Crippen LogP) is 0.557. The number of non-ortho nitro benzene ring substituents is 1. The average molecular weight is 303 g/mol. The molecule has 1 aliphatic rings. The van der Waals surface area contributed by atoms with Gasteiger partial charge >= 0.3 is 0 Å². The van der Waals surface area contributed by atoms with E-state index in [1.165, 1.54) is 24.4 Å². The predicted molar refractivity (Wildman–Crippen MR) is 78.2 cm³/mol. The molecule has 0 unspecified atom stereocenters. The highest BCUT2D eigenvalue weighted by Crippen LogP contribution is 2.12. The molecular formula is C13H13N5O4. The molecule has 22 heavy (non-hydrogen) atoms. The molecule has 0 radical (unpaired) electrons. The maximum absolute atomic E-state index is 11.7. The molecule has 2 amide bonds. The third kappa shape index (κ3) is 3.72. The summed E-state index contributed by atoms with van der Waals surface area (Å²) in [6.07, 6.45) is 1.23. The van der Waals surface area contributed by atoms with Crippen LogP contribution in [-0.2, 0) is 9.59 Å². The Hall–Kier alpha value is -3.10. The van der Waals surface area contributed by atoms with Gasteiger partial charge in [0.1, 0.15) is 0 Å². The molecule has 2 N–H and O–H groups in total. The summed E-state index contributed by atoms with van der Waals surface area (Å²) in [4.78, 5) is 33.2. The molecule has 1 atom stereocenters. The molecule has 114 valence electrons. The zero-order valence-electron chi connectivity index (χ0n) is 11.6. The van der Waals surface area contributed by atoms with Crippen molar-refractivity contribution >= 4 is 29.4 Å². The van der Waals surface area contributed by atoms with Gasteiger partial charge in [0.05, 0.1) is 17.1 Å². The fourth-order valence-corrected chi connectivity index (χ4v) is 1.86. The normalized spacial score (nSPS) is 17.2. The van der Waals surface area contributed by atoms with Gasteiger partial charge in [-0.05, 0) is 6.92 Å². The first-order chi connectivity index (χ1) is 10.5. The number of hydrogen-bond donors (Lipinski definition) is 2. The van der Waals surface area contributed by atoms with E-state index in [1.807, 2.05) is 0 Å². The summed E-state index contributed by atoms with van der Waals surface area (Å²) in [5, 5.41) is 18.1. The van der Waals surface area contributed by atoms with Gasteiger partial charge in [-0.2, -0.15) is 10.2 Å². The molecule has 1 heterocycles. The molecular weight excluding hydrogens is 290 g/mol. The van der Waals surface area contributed by atoms with E-state index in [0.717, 1.165) is 0 Å². The van der Waals surface area contributed by atoms with E-state index >= 15 is 0 Å². The molecule has 0 bridgehead atoms. The molecule has 0 spiro atoms. The molecule has 0 saturated carbocycles. The minimum absolute atomic E-state index is 0.0621. The lowest BCUT2D eigenvalue weighted by atomic mass is 10.0. The number of nitrogens with one attached hydrogen (secondary N) is 2. The first-order valence-corrected chi connectivity index (χ1v) is 6.38. The minimum Gasteiger partial charge on any atom is -0.273 e. The van der Waals surface area contributed by atoms with Crippen LogP contribution in [0.25, 0.3) is 0 Å².